The van der Waals surface area contributed by atoms with Gasteiger partial charge in [0.05, 0.1) is 12.2 Å². The number of rotatable bonds is 5. The highest BCUT2D eigenvalue weighted by Gasteiger charge is 2.40. The van der Waals surface area contributed by atoms with Crippen molar-refractivity contribution in [3.8, 4) is 0 Å². The van der Waals surface area contributed by atoms with Gasteiger partial charge in [0.2, 0.25) is 0 Å². The van der Waals surface area contributed by atoms with Gasteiger partial charge in [0, 0.05) is 12.1 Å². The van der Waals surface area contributed by atoms with Crippen LogP contribution in [0.3, 0.4) is 0 Å². The molecule has 4 unspecified atom stereocenters. The maximum Gasteiger partial charge on any atom is 0.0733 e. The first kappa shape index (κ1) is 12.1. The highest BCUT2D eigenvalue weighted by molar-refractivity contribution is 4.96. The lowest BCUT2D eigenvalue weighted by atomic mass is 9.94. The van der Waals surface area contributed by atoms with Crippen LogP contribution in [0.1, 0.15) is 52.9 Å². The molecule has 0 aromatic rings. The molecular weight excluding hydrogens is 198 g/mol. The summed E-state index contributed by atoms with van der Waals surface area (Å²) >= 11 is 0. The van der Waals surface area contributed by atoms with Crippen molar-refractivity contribution in [2.45, 2.75) is 77.2 Å². The Balaban J connectivity index is 1.67. The number of fused-ring (bicyclic) bond motifs is 2. The van der Waals surface area contributed by atoms with Crippen molar-refractivity contribution in [3.63, 3.8) is 0 Å². The molecule has 92 valence electrons. The van der Waals surface area contributed by atoms with Crippen LogP contribution in [0.4, 0.5) is 0 Å². The Morgan fingerprint density at radius 2 is 2.25 bits per heavy atom. The summed E-state index contributed by atoms with van der Waals surface area (Å²) in [7, 11) is 0. The molecule has 0 spiro atoms. The lowest BCUT2D eigenvalue weighted by molar-refractivity contribution is 0.0961. The SMILES string of the molecule is CC(C)=CCCC(C)NC1CC2CCC1O2. The van der Waals surface area contributed by atoms with Crippen molar-refractivity contribution >= 4 is 0 Å². The van der Waals surface area contributed by atoms with Crippen molar-refractivity contribution in [3.05, 3.63) is 11.6 Å². The average Bonchev–Trinajstić information content (AvgIpc) is 2.78. The zero-order chi connectivity index (χ0) is 11.5. The summed E-state index contributed by atoms with van der Waals surface area (Å²) < 4.78 is 5.85. The van der Waals surface area contributed by atoms with Crippen LogP contribution in [0.25, 0.3) is 0 Å². The highest BCUT2D eigenvalue weighted by atomic mass is 16.5. The molecule has 2 saturated heterocycles. The van der Waals surface area contributed by atoms with Gasteiger partial charge < -0.3 is 10.1 Å². The maximum absolute atomic E-state index is 5.85. The van der Waals surface area contributed by atoms with Crippen LogP contribution >= 0.6 is 0 Å². The lowest BCUT2D eigenvalue weighted by Gasteiger charge is -2.24. The minimum Gasteiger partial charge on any atom is -0.373 e. The first-order valence-electron chi connectivity index (χ1n) is 6.70. The van der Waals surface area contributed by atoms with Gasteiger partial charge in [-0.05, 0) is 52.9 Å². The van der Waals surface area contributed by atoms with Crippen LogP contribution in [-0.2, 0) is 4.74 Å². The molecule has 0 aromatic carbocycles. The minimum absolute atomic E-state index is 0.510. The molecule has 2 rings (SSSR count). The molecule has 0 amide bonds. The Kier molecular flexibility index (Phi) is 4.04. The van der Waals surface area contributed by atoms with E-state index >= 15 is 0 Å². The van der Waals surface area contributed by atoms with Gasteiger partial charge in [-0.3, -0.25) is 0 Å². The van der Waals surface area contributed by atoms with Gasteiger partial charge in [-0.25, -0.2) is 0 Å². The molecule has 2 heteroatoms. The summed E-state index contributed by atoms with van der Waals surface area (Å²) in [4.78, 5) is 0. The Hall–Kier alpha value is -0.340. The first-order chi connectivity index (χ1) is 7.65. The van der Waals surface area contributed by atoms with Gasteiger partial charge in [0.1, 0.15) is 0 Å². The molecule has 0 radical (unpaired) electrons. The maximum atomic E-state index is 5.85. The van der Waals surface area contributed by atoms with Gasteiger partial charge in [-0.15, -0.1) is 0 Å². The molecule has 0 aliphatic carbocycles. The van der Waals surface area contributed by atoms with Crippen molar-refractivity contribution in [2.75, 3.05) is 0 Å². The third-order valence-corrected chi connectivity index (χ3v) is 3.76. The smallest absolute Gasteiger partial charge is 0.0733 e. The summed E-state index contributed by atoms with van der Waals surface area (Å²) in [6, 6.07) is 1.24. The quantitative estimate of drug-likeness (QED) is 0.723. The van der Waals surface area contributed by atoms with E-state index in [1.807, 2.05) is 0 Å². The molecule has 16 heavy (non-hydrogen) atoms. The fourth-order valence-electron chi connectivity index (χ4n) is 2.88. The molecule has 2 heterocycles. The van der Waals surface area contributed by atoms with E-state index in [9.17, 15) is 0 Å². The molecule has 1 N–H and O–H groups in total. The van der Waals surface area contributed by atoms with Crippen molar-refractivity contribution in [1.82, 2.24) is 5.32 Å². The van der Waals surface area contributed by atoms with Crippen LogP contribution in [0.5, 0.6) is 0 Å². The number of hydrogen-bond acceptors (Lipinski definition) is 2. The second kappa shape index (κ2) is 5.33. The summed E-state index contributed by atoms with van der Waals surface area (Å²) in [5.41, 5.74) is 1.43. The van der Waals surface area contributed by atoms with Gasteiger partial charge >= 0.3 is 0 Å². The second-order valence-electron chi connectivity index (χ2n) is 5.64. The predicted molar refractivity (Wildman–Crippen MR) is 67.6 cm³/mol. The molecule has 2 bridgehead atoms. The monoisotopic (exact) mass is 223 g/mol. The molecule has 0 saturated carbocycles. The largest absolute Gasteiger partial charge is 0.373 e. The van der Waals surface area contributed by atoms with E-state index in [-0.39, 0.29) is 0 Å². The number of ether oxygens (including phenoxy) is 1. The van der Waals surface area contributed by atoms with Crippen molar-refractivity contribution < 1.29 is 4.74 Å². The molecule has 0 aromatic heterocycles. The number of allylic oxidation sites excluding steroid dienone is 2. The third-order valence-electron chi connectivity index (χ3n) is 3.76. The van der Waals surface area contributed by atoms with E-state index in [2.05, 4.69) is 32.2 Å². The van der Waals surface area contributed by atoms with Gasteiger partial charge in [-0.2, -0.15) is 0 Å². The van der Waals surface area contributed by atoms with Crippen LogP contribution in [0.15, 0.2) is 11.6 Å². The molecule has 4 atom stereocenters. The van der Waals surface area contributed by atoms with E-state index in [0.717, 1.165) is 0 Å². The lowest BCUT2D eigenvalue weighted by Crippen LogP contribution is -2.42. The molecule has 2 aliphatic heterocycles. The standard InChI is InChI=1S/C14H25NO/c1-10(2)5-4-6-11(3)15-13-9-12-7-8-14(13)16-12/h5,11-15H,4,6-9H2,1-3H3. The Bertz CT molecular complexity index is 257. The summed E-state index contributed by atoms with van der Waals surface area (Å²) in [5.74, 6) is 0. The first-order valence-corrected chi connectivity index (χ1v) is 6.70. The predicted octanol–water partition coefficient (Wildman–Crippen LogP) is 3.03. The van der Waals surface area contributed by atoms with E-state index < -0.39 is 0 Å². The van der Waals surface area contributed by atoms with E-state index in [0.29, 0.717) is 24.3 Å². The van der Waals surface area contributed by atoms with E-state index in [1.54, 1.807) is 0 Å². The number of hydrogen-bond donors (Lipinski definition) is 1. The molecule has 2 fully saturated rings. The Labute approximate surface area is 99.4 Å². The van der Waals surface area contributed by atoms with E-state index in [4.69, 9.17) is 4.74 Å². The van der Waals surface area contributed by atoms with Gasteiger partial charge in [0.25, 0.3) is 0 Å². The zero-order valence-electron chi connectivity index (χ0n) is 10.8. The summed E-state index contributed by atoms with van der Waals surface area (Å²) in [6.45, 7) is 6.63. The minimum atomic E-state index is 0.510. The van der Waals surface area contributed by atoms with Crippen LogP contribution in [-0.4, -0.2) is 24.3 Å². The Morgan fingerprint density at radius 3 is 2.81 bits per heavy atom. The van der Waals surface area contributed by atoms with Crippen LogP contribution in [0.2, 0.25) is 0 Å². The summed E-state index contributed by atoms with van der Waals surface area (Å²) in [5, 5.41) is 3.73. The summed E-state index contributed by atoms with van der Waals surface area (Å²) in [6.07, 6.45) is 9.62. The topological polar surface area (TPSA) is 21.3 Å². The van der Waals surface area contributed by atoms with Gasteiger partial charge in [-0.1, -0.05) is 11.6 Å². The average molecular weight is 223 g/mol. The fourth-order valence-corrected chi connectivity index (χ4v) is 2.88. The molecule has 2 aliphatic rings. The molecular formula is C14H25NO. The number of nitrogens with one attached hydrogen (secondary N) is 1. The third kappa shape index (κ3) is 3.08. The Morgan fingerprint density at radius 1 is 1.44 bits per heavy atom. The highest BCUT2D eigenvalue weighted by Crippen LogP contribution is 2.34. The van der Waals surface area contributed by atoms with Crippen LogP contribution < -0.4 is 5.32 Å². The second-order valence-corrected chi connectivity index (χ2v) is 5.64. The van der Waals surface area contributed by atoms with Crippen LogP contribution in [0, 0.1) is 0 Å². The molecule has 2 nitrogen and oxygen atoms in total. The zero-order valence-corrected chi connectivity index (χ0v) is 10.8. The normalized spacial score (nSPS) is 34.1. The fraction of sp³-hybridized carbons (Fsp3) is 0.857. The van der Waals surface area contributed by atoms with Crippen molar-refractivity contribution in [2.24, 2.45) is 0 Å². The van der Waals surface area contributed by atoms with E-state index in [1.165, 1.54) is 37.7 Å². The van der Waals surface area contributed by atoms with Crippen molar-refractivity contribution in [1.29, 1.82) is 0 Å². The van der Waals surface area contributed by atoms with Gasteiger partial charge in [0.15, 0.2) is 0 Å².